The van der Waals surface area contributed by atoms with E-state index in [-0.39, 0.29) is 5.97 Å². The minimum atomic E-state index is -1.82. The molecule has 1 aromatic rings. The van der Waals surface area contributed by atoms with Gasteiger partial charge in [-0.3, -0.25) is 4.79 Å². The van der Waals surface area contributed by atoms with Gasteiger partial charge in [0, 0.05) is 20.1 Å². The molecule has 0 unspecified atom stereocenters. The summed E-state index contributed by atoms with van der Waals surface area (Å²) >= 11 is 0. The maximum absolute atomic E-state index is 10.9. The Morgan fingerprint density at radius 3 is 2.00 bits per heavy atom. The first kappa shape index (κ1) is 15.9. The Labute approximate surface area is 116 Å². The quantitative estimate of drug-likeness (QED) is 0.415. The van der Waals surface area contributed by atoms with Gasteiger partial charge in [0.15, 0.2) is 0 Å². The van der Waals surface area contributed by atoms with Crippen LogP contribution in [0.2, 0.25) is 0 Å². The predicted octanol–water partition coefficient (Wildman–Crippen LogP) is 1.89. The number of esters is 1. The molecule has 0 aromatic heterocycles. The smallest absolute Gasteiger partial charge is 0.355 e. The van der Waals surface area contributed by atoms with Crippen LogP contribution in [0.25, 0.3) is 0 Å². The van der Waals surface area contributed by atoms with E-state index in [4.69, 9.17) is 13.6 Å². The van der Waals surface area contributed by atoms with Crippen molar-refractivity contribution in [2.75, 3.05) is 13.2 Å². The Hall–Kier alpha value is -1.17. The highest BCUT2D eigenvalue weighted by atomic mass is 28.3. The van der Waals surface area contributed by atoms with E-state index >= 15 is 0 Å². The zero-order valence-electron chi connectivity index (χ0n) is 11.8. The molecule has 0 saturated carbocycles. The molecule has 0 aliphatic rings. The molecular weight excluding hydrogens is 260 g/mol. The predicted molar refractivity (Wildman–Crippen MR) is 77.0 cm³/mol. The molecule has 0 aliphatic heterocycles. The molecule has 0 spiro atoms. The number of hydrogen-bond acceptors (Lipinski definition) is 4. The van der Waals surface area contributed by atoms with Gasteiger partial charge in [0.05, 0.1) is 0 Å². The molecule has 4 nitrogen and oxygen atoms in total. The summed E-state index contributed by atoms with van der Waals surface area (Å²) in [6.07, 6.45) is 1.95. The number of ether oxygens (including phenoxy) is 1. The van der Waals surface area contributed by atoms with Crippen LogP contribution in [0, 0.1) is 0 Å². The fourth-order valence-corrected chi connectivity index (χ4v) is 3.44. The van der Waals surface area contributed by atoms with Crippen LogP contribution in [0.3, 0.4) is 0 Å². The molecule has 0 N–H and O–H groups in total. The lowest BCUT2D eigenvalue weighted by atomic mass is 10.3. The van der Waals surface area contributed by atoms with Gasteiger partial charge in [0.25, 0.3) is 0 Å². The number of carbonyl (C=O) groups is 1. The first-order chi connectivity index (χ1) is 9.17. The van der Waals surface area contributed by atoms with Gasteiger partial charge in [-0.2, -0.15) is 0 Å². The van der Waals surface area contributed by atoms with Crippen molar-refractivity contribution in [3.05, 3.63) is 24.3 Å². The van der Waals surface area contributed by atoms with Crippen molar-refractivity contribution in [3.63, 3.8) is 0 Å². The van der Waals surface area contributed by atoms with Gasteiger partial charge in [0.2, 0.25) is 0 Å². The molecule has 0 amide bonds. The SMILES string of the molecule is CCCO[SiH](OCCC)c1ccc(OC(C)=O)cc1. The van der Waals surface area contributed by atoms with Gasteiger partial charge in [0.1, 0.15) is 5.75 Å². The molecule has 0 atom stereocenters. The Balaban J connectivity index is 2.68. The lowest BCUT2D eigenvalue weighted by molar-refractivity contribution is -0.131. The van der Waals surface area contributed by atoms with Gasteiger partial charge in [-0.1, -0.05) is 26.0 Å². The highest BCUT2D eigenvalue weighted by molar-refractivity contribution is 6.61. The first-order valence-corrected chi connectivity index (χ1v) is 8.21. The average molecular weight is 282 g/mol. The zero-order chi connectivity index (χ0) is 14.1. The minimum Gasteiger partial charge on any atom is -0.427 e. The molecule has 0 aliphatic carbocycles. The number of carbonyl (C=O) groups excluding carboxylic acids is 1. The summed E-state index contributed by atoms with van der Waals surface area (Å²) in [5.74, 6) is 0.237. The van der Waals surface area contributed by atoms with E-state index in [1.807, 2.05) is 12.1 Å². The second-order valence-electron chi connectivity index (χ2n) is 4.24. The fraction of sp³-hybridized carbons (Fsp3) is 0.500. The minimum absolute atomic E-state index is 0.314. The molecule has 0 saturated heterocycles. The average Bonchev–Trinajstić information content (AvgIpc) is 2.39. The number of benzene rings is 1. The maximum Gasteiger partial charge on any atom is 0.355 e. The summed E-state index contributed by atoms with van der Waals surface area (Å²) < 4.78 is 16.6. The molecule has 0 radical (unpaired) electrons. The van der Waals surface area contributed by atoms with Gasteiger partial charge in [-0.15, -0.1) is 0 Å². The van der Waals surface area contributed by atoms with Crippen molar-refractivity contribution in [3.8, 4) is 5.75 Å². The van der Waals surface area contributed by atoms with Crippen molar-refractivity contribution < 1.29 is 18.4 Å². The van der Waals surface area contributed by atoms with E-state index in [9.17, 15) is 4.79 Å². The Morgan fingerprint density at radius 1 is 1.05 bits per heavy atom. The normalized spacial score (nSPS) is 10.7. The van der Waals surface area contributed by atoms with E-state index in [0.29, 0.717) is 19.0 Å². The molecule has 106 valence electrons. The summed E-state index contributed by atoms with van der Waals surface area (Å²) in [5.41, 5.74) is 0. The number of hydrogen-bond donors (Lipinski definition) is 0. The summed E-state index contributed by atoms with van der Waals surface area (Å²) in [7, 11) is -1.82. The van der Waals surface area contributed by atoms with Crippen molar-refractivity contribution in [2.45, 2.75) is 33.6 Å². The number of rotatable bonds is 8. The third-order valence-corrected chi connectivity index (χ3v) is 4.37. The topological polar surface area (TPSA) is 44.8 Å². The van der Waals surface area contributed by atoms with E-state index in [2.05, 4.69) is 13.8 Å². The van der Waals surface area contributed by atoms with Gasteiger partial charge in [-0.05, 0) is 30.2 Å². The van der Waals surface area contributed by atoms with Crippen LogP contribution in [-0.4, -0.2) is 28.5 Å². The van der Waals surface area contributed by atoms with Crippen molar-refractivity contribution in [1.29, 1.82) is 0 Å². The Morgan fingerprint density at radius 2 is 1.58 bits per heavy atom. The lowest BCUT2D eigenvalue weighted by Crippen LogP contribution is -2.37. The van der Waals surface area contributed by atoms with E-state index in [1.165, 1.54) is 6.92 Å². The van der Waals surface area contributed by atoms with Crippen LogP contribution in [0.5, 0.6) is 5.75 Å². The van der Waals surface area contributed by atoms with Crippen LogP contribution in [-0.2, 0) is 13.6 Å². The molecule has 1 aromatic carbocycles. The van der Waals surface area contributed by atoms with Crippen LogP contribution >= 0.6 is 0 Å². The van der Waals surface area contributed by atoms with E-state index < -0.39 is 9.28 Å². The molecule has 1 rings (SSSR count). The third kappa shape index (κ3) is 6.00. The zero-order valence-corrected chi connectivity index (χ0v) is 13.0. The van der Waals surface area contributed by atoms with Crippen LogP contribution in [0.15, 0.2) is 24.3 Å². The van der Waals surface area contributed by atoms with Crippen molar-refractivity contribution >= 4 is 20.4 Å². The standard InChI is InChI=1S/C14H22O4Si/c1-4-10-16-19(17-11-5-2)14-8-6-13(7-9-14)18-12(3)15/h6-9,19H,4-5,10-11H2,1-3H3. The molecule has 5 heteroatoms. The second-order valence-corrected chi connectivity index (χ2v) is 6.23. The van der Waals surface area contributed by atoms with E-state index in [0.717, 1.165) is 18.0 Å². The molecular formula is C14H22O4Si. The van der Waals surface area contributed by atoms with Gasteiger partial charge in [-0.25, -0.2) is 0 Å². The van der Waals surface area contributed by atoms with Crippen LogP contribution in [0.1, 0.15) is 33.6 Å². The van der Waals surface area contributed by atoms with Crippen molar-refractivity contribution in [2.24, 2.45) is 0 Å². The molecule has 0 heterocycles. The second kappa shape index (κ2) is 8.85. The molecule has 19 heavy (non-hydrogen) atoms. The highest BCUT2D eigenvalue weighted by Gasteiger charge is 2.16. The third-order valence-electron chi connectivity index (χ3n) is 2.36. The van der Waals surface area contributed by atoms with E-state index in [1.54, 1.807) is 12.1 Å². The van der Waals surface area contributed by atoms with Crippen molar-refractivity contribution in [1.82, 2.24) is 0 Å². The molecule has 0 bridgehead atoms. The highest BCUT2D eigenvalue weighted by Crippen LogP contribution is 2.08. The largest absolute Gasteiger partial charge is 0.427 e. The first-order valence-electron chi connectivity index (χ1n) is 6.69. The Kier molecular flexibility index (Phi) is 7.40. The van der Waals surface area contributed by atoms with Crippen LogP contribution in [0.4, 0.5) is 0 Å². The lowest BCUT2D eigenvalue weighted by Gasteiger charge is -2.16. The summed E-state index contributed by atoms with van der Waals surface area (Å²) in [5, 5.41) is 1.07. The van der Waals surface area contributed by atoms with Gasteiger partial charge < -0.3 is 13.6 Å². The monoisotopic (exact) mass is 282 g/mol. The fourth-order valence-electron chi connectivity index (χ4n) is 1.55. The maximum atomic E-state index is 10.9. The molecule has 0 fully saturated rings. The van der Waals surface area contributed by atoms with Crippen LogP contribution < -0.4 is 9.92 Å². The van der Waals surface area contributed by atoms with Gasteiger partial charge >= 0.3 is 15.3 Å². The summed E-state index contributed by atoms with van der Waals surface area (Å²) in [6, 6.07) is 7.39. The summed E-state index contributed by atoms with van der Waals surface area (Å²) in [4.78, 5) is 10.9. The Bertz CT molecular complexity index is 370. The summed E-state index contributed by atoms with van der Waals surface area (Å²) in [6.45, 7) is 6.98.